The van der Waals surface area contributed by atoms with Crippen LogP contribution in [0.5, 0.6) is 5.75 Å². The van der Waals surface area contributed by atoms with E-state index in [2.05, 4.69) is 10.5 Å². The number of hydrogen-bond acceptors (Lipinski definition) is 3. The van der Waals surface area contributed by atoms with Crippen LogP contribution in [0.15, 0.2) is 41.5 Å². The van der Waals surface area contributed by atoms with Gasteiger partial charge in [0.15, 0.2) is 0 Å². The fourth-order valence-corrected chi connectivity index (χ4v) is 1.90. The number of rotatable bonds is 3. The van der Waals surface area contributed by atoms with Crippen molar-refractivity contribution in [2.24, 2.45) is 5.10 Å². The molecule has 2 aromatic rings. The van der Waals surface area contributed by atoms with Gasteiger partial charge in [-0.15, -0.1) is 0 Å². The highest BCUT2D eigenvalue weighted by molar-refractivity contribution is 5.94. The first-order chi connectivity index (χ1) is 9.97. The van der Waals surface area contributed by atoms with Crippen LogP contribution in [0, 0.1) is 19.7 Å². The lowest BCUT2D eigenvalue weighted by molar-refractivity contribution is 0.0955. The van der Waals surface area contributed by atoms with Crippen LogP contribution in [0.25, 0.3) is 0 Å². The summed E-state index contributed by atoms with van der Waals surface area (Å²) in [6, 6.07) is 8.71. The van der Waals surface area contributed by atoms with E-state index in [1.54, 1.807) is 26.0 Å². The Morgan fingerprint density at radius 1 is 1.19 bits per heavy atom. The monoisotopic (exact) mass is 286 g/mol. The molecule has 108 valence electrons. The summed E-state index contributed by atoms with van der Waals surface area (Å²) in [7, 11) is 0. The van der Waals surface area contributed by atoms with Crippen molar-refractivity contribution in [3.63, 3.8) is 0 Å². The fourth-order valence-electron chi connectivity index (χ4n) is 1.90. The van der Waals surface area contributed by atoms with E-state index >= 15 is 0 Å². The van der Waals surface area contributed by atoms with E-state index in [0.29, 0.717) is 5.56 Å². The summed E-state index contributed by atoms with van der Waals surface area (Å²) < 4.78 is 12.7. The third-order valence-electron chi connectivity index (χ3n) is 3.00. The second kappa shape index (κ2) is 6.17. The zero-order valence-electron chi connectivity index (χ0n) is 11.7. The molecule has 0 heterocycles. The van der Waals surface area contributed by atoms with Gasteiger partial charge in [-0.3, -0.25) is 4.79 Å². The third-order valence-corrected chi connectivity index (χ3v) is 3.00. The lowest BCUT2D eigenvalue weighted by Gasteiger charge is -2.04. The van der Waals surface area contributed by atoms with Crippen molar-refractivity contribution < 1.29 is 14.3 Å². The molecule has 0 radical (unpaired) electrons. The van der Waals surface area contributed by atoms with Gasteiger partial charge >= 0.3 is 0 Å². The minimum atomic E-state index is -0.418. The normalized spacial score (nSPS) is 10.8. The highest BCUT2D eigenvalue weighted by Gasteiger charge is 2.04. The number of benzene rings is 2. The molecule has 5 heteroatoms. The Morgan fingerprint density at radius 2 is 1.76 bits per heavy atom. The van der Waals surface area contributed by atoms with Gasteiger partial charge in [0.2, 0.25) is 0 Å². The molecule has 0 saturated carbocycles. The fraction of sp³-hybridized carbons (Fsp3) is 0.125. The van der Waals surface area contributed by atoms with Crippen LogP contribution >= 0.6 is 0 Å². The van der Waals surface area contributed by atoms with Gasteiger partial charge in [0.25, 0.3) is 5.91 Å². The van der Waals surface area contributed by atoms with Gasteiger partial charge in [0.1, 0.15) is 11.6 Å². The molecule has 0 fully saturated rings. The van der Waals surface area contributed by atoms with Crippen LogP contribution in [-0.2, 0) is 0 Å². The van der Waals surface area contributed by atoms with Gasteiger partial charge in [-0.25, -0.2) is 9.82 Å². The Morgan fingerprint density at radius 3 is 2.33 bits per heavy atom. The molecule has 2 N–H and O–H groups in total. The van der Waals surface area contributed by atoms with Crippen molar-refractivity contribution in [2.45, 2.75) is 13.8 Å². The number of aromatic hydroxyl groups is 1. The molecule has 0 bridgehead atoms. The zero-order chi connectivity index (χ0) is 15.4. The largest absolute Gasteiger partial charge is 0.507 e. The summed E-state index contributed by atoms with van der Waals surface area (Å²) in [6.07, 6.45) is 1.49. The molecule has 1 amide bonds. The van der Waals surface area contributed by atoms with Crippen LogP contribution in [-0.4, -0.2) is 17.2 Å². The molecule has 4 nitrogen and oxygen atoms in total. The van der Waals surface area contributed by atoms with Crippen molar-refractivity contribution in [2.75, 3.05) is 0 Å². The van der Waals surface area contributed by atoms with Crippen molar-refractivity contribution >= 4 is 12.1 Å². The predicted octanol–water partition coefficient (Wildman–Crippen LogP) is 2.91. The molecule has 2 rings (SSSR count). The Labute approximate surface area is 121 Å². The van der Waals surface area contributed by atoms with Gasteiger partial charge in [-0.05, 0) is 66.9 Å². The van der Waals surface area contributed by atoms with Crippen LogP contribution in [0.2, 0.25) is 0 Å². The topological polar surface area (TPSA) is 61.7 Å². The van der Waals surface area contributed by atoms with Gasteiger partial charge in [0.05, 0.1) is 6.21 Å². The second-order valence-electron chi connectivity index (χ2n) is 4.71. The predicted molar refractivity (Wildman–Crippen MR) is 79.0 cm³/mol. The number of amides is 1. The second-order valence-corrected chi connectivity index (χ2v) is 4.71. The van der Waals surface area contributed by atoms with Crippen LogP contribution in [0.3, 0.4) is 0 Å². The molecule has 0 unspecified atom stereocenters. The molecular weight excluding hydrogens is 271 g/mol. The van der Waals surface area contributed by atoms with E-state index in [4.69, 9.17) is 0 Å². The van der Waals surface area contributed by atoms with E-state index in [0.717, 1.165) is 16.7 Å². The molecule has 2 aromatic carbocycles. The van der Waals surface area contributed by atoms with Gasteiger partial charge in [-0.2, -0.15) is 5.10 Å². The van der Waals surface area contributed by atoms with Crippen molar-refractivity contribution in [3.05, 3.63) is 64.5 Å². The number of nitrogens with zero attached hydrogens (tertiary/aromatic N) is 1. The smallest absolute Gasteiger partial charge is 0.271 e. The first-order valence-electron chi connectivity index (χ1n) is 6.36. The first kappa shape index (κ1) is 14.7. The van der Waals surface area contributed by atoms with Gasteiger partial charge in [-0.1, -0.05) is 0 Å². The Bertz CT molecular complexity index is 671. The number of aryl methyl sites for hydroxylation is 2. The number of hydrazone groups is 1. The zero-order valence-corrected chi connectivity index (χ0v) is 11.7. The van der Waals surface area contributed by atoms with E-state index < -0.39 is 11.7 Å². The summed E-state index contributed by atoms with van der Waals surface area (Å²) in [4.78, 5) is 11.7. The lowest BCUT2D eigenvalue weighted by Crippen LogP contribution is -2.17. The van der Waals surface area contributed by atoms with Crippen LogP contribution < -0.4 is 5.43 Å². The van der Waals surface area contributed by atoms with E-state index in [1.807, 2.05) is 0 Å². The van der Waals surface area contributed by atoms with Crippen LogP contribution in [0.1, 0.15) is 27.0 Å². The van der Waals surface area contributed by atoms with Crippen molar-refractivity contribution in [3.8, 4) is 5.75 Å². The van der Waals surface area contributed by atoms with Gasteiger partial charge in [0, 0.05) is 5.56 Å². The van der Waals surface area contributed by atoms with Crippen molar-refractivity contribution in [1.29, 1.82) is 0 Å². The molecule has 0 spiro atoms. The molecule has 0 aliphatic heterocycles. The Hall–Kier alpha value is -2.69. The molecular formula is C16H15FN2O2. The highest BCUT2D eigenvalue weighted by atomic mass is 19.1. The van der Waals surface area contributed by atoms with E-state index in [9.17, 15) is 14.3 Å². The lowest BCUT2D eigenvalue weighted by atomic mass is 10.1. The Kier molecular flexibility index (Phi) is 4.33. The maximum Gasteiger partial charge on any atom is 0.271 e. The Balaban J connectivity index is 2.05. The van der Waals surface area contributed by atoms with Crippen molar-refractivity contribution in [1.82, 2.24) is 5.43 Å². The third kappa shape index (κ3) is 3.66. The summed E-state index contributed by atoms with van der Waals surface area (Å²) in [5.41, 5.74) is 4.93. The SMILES string of the molecule is Cc1cc(/C=N/NC(=O)c2ccc(F)cc2)cc(C)c1O. The summed E-state index contributed by atoms with van der Waals surface area (Å²) in [5, 5.41) is 13.5. The molecule has 0 atom stereocenters. The molecule has 0 aliphatic rings. The summed E-state index contributed by atoms with van der Waals surface area (Å²) in [5.74, 6) is -0.564. The van der Waals surface area contributed by atoms with Crippen LogP contribution in [0.4, 0.5) is 4.39 Å². The first-order valence-corrected chi connectivity index (χ1v) is 6.36. The van der Waals surface area contributed by atoms with E-state index in [-0.39, 0.29) is 5.75 Å². The number of carbonyl (C=O) groups excluding carboxylic acids is 1. The average Bonchev–Trinajstić information content (AvgIpc) is 2.45. The molecule has 0 aliphatic carbocycles. The number of hydrogen-bond donors (Lipinski definition) is 2. The average molecular weight is 286 g/mol. The van der Waals surface area contributed by atoms with E-state index in [1.165, 1.54) is 30.5 Å². The number of phenols is 1. The number of nitrogens with one attached hydrogen (secondary N) is 1. The standard InChI is InChI=1S/C16H15FN2O2/c1-10-7-12(8-11(2)15(10)20)9-18-19-16(21)13-3-5-14(17)6-4-13/h3-9,20H,1-2H3,(H,19,21)/b18-9+. The quantitative estimate of drug-likeness (QED) is 0.673. The summed E-state index contributed by atoms with van der Waals surface area (Å²) in [6.45, 7) is 3.58. The molecule has 0 aromatic heterocycles. The number of phenolic OH excluding ortho intramolecular Hbond substituents is 1. The minimum Gasteiger partial charge on any atom is -0.507 e. The summed E-state index contributed by atoms with van der Waals surface area (Å²) >= 11 is 0. The minimum absolute atomic E-state index is 0.252. The maximum absolute atomic E-state index is 12.7. The maximum atomic E-state index is 12.7. The molecule has 21 heavy (non-hydrogen) atoms. The highest BCUT2D eigenvalue weighted by Crippen LogP contribution is 2.21. The number of carbonyl (C=O) groups is 1. The van der Waals surface area contributed by atoms with Gasteiger partial charge < -0.3 is 5.11 Å². The number of halogens is 1. The molecule has 0 saturated heterocycles.